The van der Waals surface area contributed by atoms with Crippen molar-refractivity contribution in [2.75, 3.05) is 36.9 Å². The summed E-state index contributed by atoms with van der Waals surface area (Å²) in [5.41, 5.74) is 9.34. The Hall–Kier alpha value is -3.52. The number of rotatable bonds is 3. The van der Waals surface area contributed by atoms with Crippen LogP contribution in [0.5, 0.6) is 0 Å². The molecule has 30 heavy (non-hydrogen) atoms. The summed E-state index contributed by atoms with van der Waals surface area (Å²) in [5.74, 6) is -0.750. The molecule has 0 amide bonds. The van der Waals surface area contributed by atoms with Gasteiger partial charge < -0.3 is 20.4 Å². The van der Waals surface area contributed by atoms with Crippen molar-refractivity contribution in [3.8, 4) is 22.6 Å². The number of nitrogen functional groups attached to an aromatic ring is 1. The number of nitrogens with zero attached hydrogens (tertiary/aromatic N) is 3. The number of hydrogen-bond donors (Lipinski definition) is 2. The van der Waals surface area contributed by atoms with Crippen LogP contribution in [0.25, 0.3) is 33.5 Å². The van der Waals surface area contributed by atoms with Gasteiger partial charge in [-0.1, -0.05) is 12.1 Å². The van der Waals surface area contributed by atoms with Crippen molar-refractivity contribution in [2.24, 2.45) is 0 Å². The van der Waals surface area contributed by atoms with E-state index in [1.54, 1.807) is 12.3 Å². The maximum absolute atomic E-state index is 14.0. The Bertz CT molecular complexity index is 1220. The summed E-state index contributed by atoms with van der Waals surface area (Å²) < 4.78 is 33.2. The van der Waals surface area contributed by atoms with Crippen LogP contribution in [-0.4, -0.2) is 41.3 Å². The Morgan fingerprint density at radius 3 is 2.53 bits per heavy atom. The van der Waals surface area contributed by atoms with Gasteiger partial charge in [-0.3, -0.25) is 0 Å². The van der Waals surface area contributed by atoms with E-state index in [1.165, 1.54) is 6.07 Å². The van der Waals surface area contributed by atoms with Gasteiger partial charge in [-0.2, -0.15) is 0 Å². The molecule has 1 aliphatic heterocycles. The van der Waals surface area contributed by atoms with Crippen LogP contribution in [0.1, 0.15) is 0 Å². The lowest BCUT2D eigenvalue weighted by Gasteiger charge is -2.28. The van der Waals surface area contributed by atoms with Crippen LogP contribution in [0.2, 0.25) is 0 Å². The lowest BCUT2D eigenvalue weighted by Crippen LogP contribution is -2.36. The van der Waals surface area contributed by atoms with Gasteiger partial charge in [0, 0.05) is 53.6 Å². The normalized spacial score (nSPS) is 14.4. The predicted octanol–water partition coefficient (Wildman–Crippen LogP) is 3.99. The molecule has 0 bridgehead atoms. The first-order chi connectivity index (χ1) is 14.6. The molecule has 0 aliphatic carbocycles. The Balaban J connectivity index is 1.53. The number of morpholine rings is 1. The maximum Gasteiger partial charge on any atom is 0.164 e. The molecule has 8 heteroatoms. The number of aromatic nitrogens is 3. The SMILES string of the molecule is Nc1cc(-c2ccc(N3CCOCC3)cc2)nc(-c2c[nH]c3c(F)cc(F)cc23)n1. The Kier molecular flexibility index (Phi) is 4.55. The van der Waals surface area contributed by atoms with Gasteiger partial charge in [-0.25, -0.2) is 18.7 Å². The molecule has 0 atom stereocenters. The van der Waals surface area contributed by atoms with Crippen LogP contribution in [0.15, 0.2) is 48.7 Å². The molecule has 152 valence electrons. The Labute approximate surface area is 171 Å². The highest BCUT2D eigenvalue weighted by Crippen LogP contribution is 2.31. The molecule has 1 saturated heterocycles. The Morgan fingerprint density at radius 1 is 1.00 bits per heavy atom. The number of fused-ring (bicyclic) bond motifs is 1. The highest BCUT2D eigenvalue weighted by Gasteiger charge is 2.16. The second kappa shape index (κ2) is 7.38. The van der Waals surface area contributed by atoms with Crippen molar-refractivity contribution in [1.29, 1.82) is 0 Å². The van der Waals surface area contributed by atoms with E-state index in [4.69, 9.17) is 10.5 Å². The summed E-state index contributed by atoms with van der Waals surface area (Å²) in [6.45, 7) is 3.16. The second-order valence-corrected chi connectivity index (χ2v) is 7.16. The first-order valence-electron chi connectivity index (χ1n) is 9.63. The van der Waals surface area contributed by atoms with E-state index in [9.17, 15) is 8.78 Å². The molecule has 1 aliphatic rings. The first kappa shape index (κ1) is 18.5. The van der Waals surface area contributed by atoms with Gasteiger partial charge in [0.05, 0.1) is 24.4 Å². The van der Waals surface area contributed by atoms with Crippen LogP contribution >= 0.6 is 0 Å². The fourth-order valence-corrected chi connectivity index (χ4v) is 3.74. The number of nitrogens with two attached hydrogens (primary N) is 1. The van der Waals surface area contributed by atoms with Gasteiger partial charge in [0.25, 0.3) is 0 Å². The van der Waals surface area contributed by atoms with Crippen LogP contribution in [0.3, 0.4) is 0 Å². The zero-order chi connectivity index (χ0) is 20.7. The van der Waals surface area contributed by atoms with E-state index in [0.29, 0.717) is 22.5 Å². The summed E-state index contributed by atoms with van der Waals surface area (Å²) >= 11 is 0. The number of ether oxygens (including phenoxy) is 1. The van der Waals surface area contributed by atoms with Crippen molar-refractivity contribution < 1.29 is 13.5 Å². The smallest absolute Gasteiger partial charge is 0.164 e. The molecule has 0 spiro atoms. The lowest BCUT2D eigenvalue weighted by molar-refractivity contribution is 0.122. The van der Waals surface area contributed by atoms with Crippen molar-refractivity contribution in [3.63, 3.8) is 0 Å². The van der Waals surface area contributed by atoms with E-state index in [-0.39, 0.29) is 11.3 Å². The van der Waals surface area contributed by atoms with Crippen molar-refractivity contribution in [2.45, 2.75) is 0 Å². The summed E-state index contributed by atoms with van der Waals surface area (Å²) in [6, 6.07) is 11.8. The van der Waals surface area contributed by atoms with Crippen LogP contribution < -0.4 is 10.6 Å². The predicted molar refractivity (Wildman–Crippen MR) is 112 cm³/mol. The first-order valence-corrected chi connectivity index (χ1v) is 9.63. The van der Waals surface area contributed by atoms with Gasteiger partial charge in [-0.15, -0.1) is 0 Å². The average molecular weight is 407 g/mol. The van der Waals surface area contributed by atoms with Crippen molar-refractivity contribution in [3.05, 3.63) is 60.3 Å². The van der Waals surface area contributed by atoms with E-state index in [2.05, 4.69) is 19.9 Å². The lowest BCUT2D eigenvalue weighted by atomic mass is 10.1. The average Bonchev–Trinajstić information content (AvgIpc) is 3.18. The third-order valence-corrected chi connectivity index (χ3v) is 5.23. The summed E-state index contributed by atoms with van der Waals surface area (Å²) in [6.07, 6.45) is 1.56. The van der Waals surface area contributed by atoms with Crippen molar-refractivity contribution >= 4 is 22.4 Å². The molecule has 5 rings (SSSR count). The molecule has 1 fully saturated rings. The topological polar surface area (TPSA) is 80.1 Å². The fourth-order valence-electron chi connectivity index (χ4n) is 3.74. The van der Waals surface area contributed by atoms with E-state index >= 15 is 0 Å². The fraction of sp³-hybridized carbons (Fsp3) is 0.182. The monoisotopic (exact) mass is 407 g/mol. The molecular formula is C22H19F2N5O. The van der Waals surface area contributed by atoms with E-state index < -0.39 is 11.6 Å². The number of hydrogen-bond acceptors (Lipinski definition) is 5. The maximum atomic E-state index is 14.0. The van der Waals surface area contributed by atoms with Gasteiger partial charge in [0.1, 0.15) is 17.5 Å². The zero-order valence-corrected chi connectivity index (χ0v) is 16.0. The van der Waals surface area contributed by atoms with Gasteiger partial charge in [-0.05, 0) is 18.2 Å². The molecule has 2 aromatic carbocycles. The molecule has 0 unspecified atom stereocenters. The third kappa shape index (κ3) is 3.35. The second-order valence-electron chi connectivity index (χ2n) is 7.16. The van der Waals surface area contributed by atoms with Crippen LogP contribution in [-0.2, 0) is 4.74 Å². The quantitative estimate of drug-likeness (QED) is 0.537. The summed E-state index contributed by atoms with van der Waals surface area (Å²) in [5, 5.41) is 0.367. The molecule has 4 aromatic rings. The molecule has 3 N–H and O–H groups in total. The minimum Gasteiger partial charge on any atom is -0.384 e. The molecule has 0 saturated carbocycles. The van der Waals surface area contributed by atoms with Crippen LogP contribution in [0, 0.1) is 11.6 Å². The number of halogens is 2. The standard InChI is InChI=1S/C22H19F2N5O/c23-14-9-16-17(12-26-21(16)18(24)10-14)22-27-19(11-20(25)28-22)13-1-3-15(4-2-13)29-5-7-30-8-6-29/h1-4,9-12,26H,5-8H2,(H2,25,27,28). The minimum absolute atomic E-state index is 0.203. The number of H-pyrrole nitrogens is 1. The van der Waals surface area contributed by atoms with Gasteiger partial charge >= 0.3 is 0 Å². The molecule has 2 aromatic heterocycles. The molecule has 3 heterocycles. The molecule has 0 radical (unpaired) electrons. The highest BCUT2D eigenvalue weighted by molar-refractivity contribution is 5.94. The van der Waals surface area contributed by atoms with Crippen LogP contribution in [0.4, 0.5) is 20.3 Å². The van der Waals surface area contributed by atoms with E-state index in [1.807, 2.05) is 24.3 Å². The number of anilines is 2. The van der Waals surface area contributed by atoms with Gasteiger partial charge in [0.2, 0.25) is 0 Å². The minimum atomic E-state index is -0.668. The van der Waals surface area contributed by atoms with Gasteiger partial charge in [0.15, 0.2) is 5.82 Å². The number of nitrogens with one attached hydrogen (secondary N) is 1. The largest absolute Gasteiger partial charge is 0.384 e. The summed E-state index contributed by atoms with van der Waals surface area (Å²) in [7, 11) is 0. The van der Waals surface area contributed by atoms with E-state index in [0.717, 1.165) is 43.6 Å². The molecular weight excluding hydrogens is 388 g/mol. The molecule has 6 nitrogen and oxygen atoms in total. The zero-order valence-electron chi connectivity index (χ0n) is 16.0. The number of aromatic amines is 1. The third-order valence-electron chi connectivity index (χ3n) is 5.23. The summed E-state index contributed by atoms with van der Waals surface area (Å²) in [4.78, 5) is 14.0. The van der Waals surface area contributed by atoms with Crippen molar-refractivity contribution in [1.82, 2.24) is 15.0 Å². The number of benzene rings is 2. The highest BCUT2D eigenvalue weighted by atomic mass is 19.1. The Morgan fingerprint density at radius 2 is 1.77 bits per heavy atom.